The van der Waals surface area contributed by atoms with E-state index in [1.807, 2.05) is 0 Å². The zero-order valence-electron chi connectivity index (χ0n) is 17.7. The van der Waals surface area contributed by atoms with E-state index in [2.05, 4.69) is 10.4 Å². The van der Waals surface area contributed by atoms with E-state index in [1.165, 1.54) is 28.3 Å². The number of rotatable bonds is 7. The first-order valence-electron chi connectivity index (χ1n) is 9.49. The minimum Gasteiger partial charge on any atom is -0.493 e. The fourth-order valence-corrected chi connectivity index (χ4v) is 3.16. The molecule has 0 aliphatic heterocycles. The third-order valence-corrected chi connectivity index (χ3v) is 4.87. The van der Waals surface area contributed by atoms with Gasteiger partial charge in [-0.15, -0.1) is 0 Å². The summed E-state index contributed by atoms with van der Waals surface area (Å²) in [6.45, 7) is 1.74. The van der Waals surface area contributed by atoms with Gasteiger partial charge < -0.3 is 19.5 Å². The fraction of sp³-hybridized carbons (Fsp3) is 0.273. The average molecular weight is 425 g/mol. The first kappa shape index (κ1) is 21.8. The second kappa shape index (κ2) is 9.29. The smallest absolute Gasteiger partial charge is 0.359 e. The standard InChI is InChI=1S/C22H23N3O6/c1-13(20(26)23-12-14-9-10-17(29-2)18(11-14)30-3)25-21(27)16-8-6-5-7-15(16)19(24-25)22(28)31-4/h5-11,13H,12H2,1-4H3,(H,23,26)/t13-/m1/s1. The predicted molar refractivity (Wildman–Crippen MR) is 113 cm³/mol. The molecule has 0 unspecified atom stereocenters. The summed E-state index contributed by atoms with van der Waals surface area (Å²) in [5.74, 6) is -0.0102. The van der Waals surface area contributed by atoms with E-state index in [-0.39, 0.29) is 17.6 Å². The maximum absolute atomic E-state index is 12.9. The Balaban J connectivity index is 1.88. The molecule has 2 aromatic carbocycles. The van der Waals surface area contributed by atoms with Gasteiger partial charge in [0.15, 0.2) is 17.2 Å². The maximum Gasteiger partial charge on any atom is 0.359 e. The zero-order valence-corrected chi connectivity index (χ0v) is 17.7. The number of esters is 1. The van der Waals surface area contributed by atoms with E-state index in [1.54, 1.807) is 42.5 Å². The zero-order chi connectivity index (χ0) is 22.5. The average Bonchev–Trinajstić information content (AvgIpc) is 2.81. The van der Waals surface area contributed by atoms with Gasteiger partial charge in [-0.3, -0.25) is 9.59 Å². The second-order valence-corrected chi connectivity index (χ2v) is 6.72. The van der Waals surface area contributed by atoms with Crippen LogP contribution >= 0.6 is 0 Å². The summed E-state index contributed by atoms with van der Waals surface area (Å²) in [5.41, 5.74) is 0.279. The molecule has 0 saturated heterocycles. The summed E-state index contributed by atoms with van der Waals surface area (Å²) in [4.78, 5) is 37.8. The van der Waals surface area contributed by atoms with Gasteiger partial charge in [-0.1, -0.05) is 24.3 Å². The lowest BCUT2D eigenvalue weighted by Crippen LogP contribution is -2.37. The normalized spacial score (nSPS) is 11.6. The molecule has 1 atom stereocenters. The molecule has 0 radical (unpaired) electrons. The SMILES string of the molecule is COC(=O)c1nn([C@H](C)C(=O)NCc2ccc(OC)c(OC)c2)c(=O)c2ccccc12. The number of methoxy groups -OCH3 is 3. The van der Waals surface area contributed by atoms with Crippen molar-refractivity contribution in [1.29, 1.82) is 0 Å². The Bertz CT molecular complexity index is 1190. The number of nitrogens with one attached hydrogen (secondary N) is 1. The molecule has 162 valence electrons. The van der Waals surface area contributed by atoms with Crippen LogP contribution in [0, 0.1) is 0 Å². The lowest BCUT2D eigenvalue weighted by atomic mass is 10.1. The van der Waals surface area contributed by atoms with E-state index in [0.29, 0.717) is 16.9 Å². The number of carbonyl (C=O) groups excluding carboxylic acids is 2. The van der Waals surface area contributed by atoms with Gasteiger partial charge in [-0.05, 0) is 30.7 Å². The van der Waals surface area contributed by atoms with Crippen molar-refractivity contribution in [1.82, 2.24) is 15.1 Å². The van der Waals surface area contributed by atoms with E-state index in [0.717, 1.165) is 10.2 Å². The minimum absolute atomic E-state index is 0.0303. The van der Waals surface area contributed by atoms with Crippen LogP contribution in [0.1, 0.15) is 29.0 Å². The molecule has 3 aromatic rings. The summed E-state index contributed by atoms with van der Waals surface area (Å²) in [6, 6.07) is 10.9. The third-order valence-electron chi connectivity index (χ3n) is 4.87. The number of carbonyl (C=O) groups is 2. The number of fused-ring (bicyclic) bond motifs is 1. The highest BCUT2D eigenvalue weighted by molar-refractivity contribution is 6.02. The van der Waals surface area contributed by atoms with Crippen molar-refractivity contribution in [3.8, 4) is 11.5 Å². The quantitative estimate of drug-likeness (QED) is 0.577. The van der Waals surface area contributed by atoms with Crippen molar-refractivity contribution in [2.75, 3.05) is 21.3 Å². The predicted octanol–water partition coefficient (Wildman–Crippen LogP) is 2.08. The van der Waals surface area contributed by atoms with Crippen LogP contribution in [0.25, 0.3) is 10.8 Å². The van der Waals surface area contributed by atoms with Gasteiger partial charge >= 0.3 is 5.97 Å². The van der Waals surface area contributed by atoms with Crippen LogP contribution < -0.4 is 20.3 Å². The molecule has 1 amide bonds. The molecule has 31 heavy (non-hydrogen) atoms. The van der Waals surface area contributed by atoms with Gasteiger partial charge in [0, 0.05) is 11.9 Å². The highest BCUT2D eigenvalue weighted by Gasteiger charge is 2.23. The fourth-order valence-electron chi connectivity index (χ4n) is 3.16. The number of benzene rings is 2. The molecule has 3 rings (SSSR count). The number of nitrogens with zero attached hydrogens (tertiary/aromatic N) is 2. The van der Waals surface area contributed by atoms with E-state index in [4.69, 9.17) is 14.2 Å². The van der Waals surface area contributed by atoms with Gasteiger partial charge in [0.1, 0.15) is 6.04 Å². The Morgan fingerprint density at radius 1 is 1.03 bits per heavy atom. The van der Waals surface area contributed by atoms with E-state index >= 15 is 0 Å². The molecular weight excluding hydrogens is 402 g/mol. The topological polar surface area (TPSA) is 109 Å². The molecule has 9 nitrogen and oxygen atoms in total. The van der Waals surface area contributed by atoms with Crippen LogP contribution in [0.15, 0.2) is 47.3 Å². The van der Waals surface area contributed by atoms with Crippen molar-refractivity contribution in [3.63, 3.8) is 0 Å². The molecular formula is C22H23N3O6. The number of aromatic nitrogens is 2. The molecule has 1 N–H and O–H groups in total. The van der Waals surface area contributed by atoms with Crippen LogP contribution in [-0.4, -0.2) is 43.0 Å². The van der Waals surface area contributed by atoms with Crippen LogP contribution in [0.4, 0.5) is 0 Å². The monoisotopic (exact) mass is 425 g/mol. The molecule has 1 heterocycles. The summed E-state index contributed by atoms with van der Waals surface area (Å²) in [6.07, 6.45) is 0. The third kappa shape index (κ3) is 4.35. The van der Waals surface area contributed by atoms with Crippen LogP contribution in [0.5, 0.6) is 11.5 Å². The Hall–Kier alpha value is -3.88. The molecule has 1 aromatic heterocycles. The highest BCUT2D eigenvalue weighted by atomic mass is 16.5. The number of hydrogen-bond donors (Lipinski definition) is 1. The van der Waals surface area contributed by atoms with Gasteiger partial charge in [0.2, 0.25) is 5.91 Å². The minimum atomic E-state index is -0.958. The lowest BCUT2D eigenvalue weighted by Gasteiger charge is -2.16. The summed E-state index contributed by atoms with van der Waals surface area (Å²) < 4.78 is 16.3. The van der Waals surface area contributed by atoms with Gasteiger partial charge in [0.05, 0.1) is 26.7 Å². The molecule has 0 saturated carbocycles. The second-order valence-electron chi connectivity index (χ2n) is 6.72. The van der Waals surface area contributed by atoms with Crippen molar-refractivity contribution in [2.24, 2.45) is 0 Å². The molecule has 0 bridgehead atoms. The van der Waals surface area contributed by atoms with Crippen molar-refractivity contribution < 1.29 is 23.8 Å². The van der Waals surface area contributed by atoms with E-state index < -0.39 is 23.5 Å². The van der Waals surface area contributed by atoms with Gasteiger partial charge in [-0.2, -0.15) is 5.10 Å². The van der Waals surface area contributed by atoms with Crippen molar-refractivity contribution >= 4 is 22.6 Å². The lowest BCUT2D eigenvalue weighted by molar-refractivity contribution is -0.124. The van der Waals surface area contributed by atoms with Crippen molar-refractivity contribution in [3.05, 3.63) is 64.1 Å². The van der Waals surface area contributed by atoms with Gasteiger partial charge in [0.25, 0.3) is 5.56 Å². The number of amides is 1. The summed E-state index contributed by atoms with van der Waals surface area (Å²) in [5, 5.41) is 7.55. The summed E-state index contributed by atoms with van der Waals surface area (Å²) >= 11 is 0. The largest absolute Gasteiger partial charge is 0.493 e. The Morgan fingerprint density at radius 2 is 1.71 bits per heavy atom. The summed E-state index contributed by atoms with van der Waals surface area (Å²) in [7, 11) is 4.30. The molecule has 0 aliphatic rings. The van der Waals surface area contributed by atoms with Crippen LogP contribution in [0.3, 0.4) is 0 Å². The Morgan fingerprint density at radius 3 is 2.35 bits per heavy atom. The van der Waals surface area contributed by atoms with Crippen molar-refractivity contribution in [2.45, 2.75) is 19.5 Å². The molecule has 9 heteroatoms. The molecule has 0 fully saturated rings. The van der Waals surface area contributed by atoms with Gasteiger partial charge in [-0.25, -0.2) is 9.48 Å². The van der Waals surface area contributed by atoms with Crippen LogP contribution in [0.2, 0.25) is 0 Å². The van der Waals surface area contributed by atoms with Crippen LogP contribution in [-0.2, 0) is 16.1 Å². The molecule has 0 aliphatic carbocycles. The Labute approximate surface area is 178 Å². The Kier molecular flexibility index (Phi) is 6.54. The highest BCUT2D eigenvalue weighted by Crippen LogP contribution is 2.27. The maximum atomic E-state index is 12.9. The number of ether oxygens (including phenoxy) is 3. The molecule has 0 spiro atoms. The first-order valence-corrected chi connectivity index (χ1v) is 9.49. The number of hydrogen-bond acceptors (Lipinski definition) is 7. The van der Waals surface area contributed by atoms with E-state index in [9.17, 15) is 14.4 Å². The first-order chi connectivity index (χ1) is 14.9.